The van der Waals surface area contributed by atoms with E-state index in [0.717, 1.165) is 42.9 Å². The lowest BCUT2D eigenvalue weighted by atomic mass is 10.0. The van der Waals surface area contributed by atoms with Gasteiger partial charge in [-0.05, 0) is 94.2 Å². The molecule has 0 saturated carbocycles. The minimum Gasteiger partial charge on any atom is -0.288 e. The summed E-state index contributed by atoms with van der Waals surface area (Å²) in [5.41, 5.74) is 9.59. The molecule has 0 bridgehead atoms. The van der Waals surface area contributed by atoms with E-state index >= 15 is 0 Å². The van der Waals surface area contributed by atoms with Crippen LogP contribution in [0.3, 0.4) is 0 Å². The Morgan fingerprint density at radius 1 is 0.224 bits per heavy atom. The van der Waals surface area contributed by atoms with Gasteiger partial charge in [0.15, 0.2) is 0 Å². The van der Waals surface area contributed by atoms with Crippen LogP contribution in [0.15, 0.2) is 311 Å². The number of nitrogens with zero attached hydrogens (tertiary/aromatic N) is 4. The Labute approximate surface area is 447 Å². The Morgan fingerprint density at radius 2 is 0.618 bits per heavy atom. The van der Waals surface area contributed by atoms with Gasteiger partial charge in [0.2, 0.25) is 0 Å². The molecule has 4 nitrogen and oxygen atoms in total. The molecule has 12 aromatic rings. The highest BCUT2D eigenvalue weighted by molar-refractivity contribution is 5.99. The number of benzene rings is 12. The van der Waals surface area contributed by atoms with Crippen LogP contribution in [0, 0.1) is 0 Å². The van der Waals surface area contributed by atoms with Gasteiger partial charge in [0.25, 0.3) is 0 Å². The molecule has 0 atom stereocenters. The molecule has 0 amide bonds. The summed E-state index contributed by atoms with van der Waals surface area (Å²) in [6, 6.07) is 100. The average molecular weight is 981 g/mol. The van der Waals surface area contributed by atoms with Crippen LogP contribution in [0.1, 0.15) is 44.5 Å². The Hall–Kier alpha value is -9.64. The van der Waals surface area contributed by atoms with E-state index in [-0.39, 0.29) is 0 Å². The molecule has 0 heterocycles. The third kappa shape index (κ3) is 15.7. The van der Waals surface area contributed by atoms with Crippen LogP contribution >= 0.6 is 0 Å². The molecule has 0 radical (unpaired) electrons. The molecule has 0 aliphatic rings. The van der Waals surface area contributed by atoms with Crippen molar-refractivity contribution in [2.45, 2.75) is 26.2 Å². The van der Waals surface area contributed by atoms with Crippen LogP contribution < -0.4 is 0 Å². The van der Waals surface area contributed by atoms with Gasteiger partial charge in [-0.2, -0.15) is 0 Å². The quantitative estimate of drug-likeness (QED) is 0.110. The van der Waals surface area contributed by atoms with Gasteiger partial charge in [0.05, 0.1) is 26.2 Å². The van der Waals surface area contributed by atoms with E-state index in [2.05, 4.69) is 238 Å². The Kier molecular flexibility index (Phi) is 18.9. The lowest BCUT2D eigenvalue weighted by Crippen LogP contribution is -1.86. The summed E-state index contributed by atoms with van der Waals surface area (Å²) in [5.74, 6) is 0. The molecule has 0 aromatic heterocycles. The predicted octanol–water partition coefficient (Wildman–Crippen LogP) is 17.8. The lowest BCUT2D eigenvalue weighted by molar-refractivity contribution is 1.08. The van der Waals surface area contributed by atoms with Crippen molar-refractivity contribution in [1.29, 1.82) is 0 Å². The summed E-state index contributed by atoms with van der Waals surface area (Å²) >= 11 is 0. The summed E-state index contributed by atoms with van der Waals surface area (Å²) in [6.07, 6.45) is 7.77. The van der Waals surface area contributed by atoms with Crippen molar-refractivity contribution < 1.29 is 0 Å². The van der Waals surface area contributed by atoms with Gasteiger partial charge < -0.3 is 0 Å². The van der Waals surface area contributed by atoms with E-state index in [0.29, 0.717) is 0 Å². The molecule has 368 valence electrons. The van der Waals surface area contributed by atoms with E-state index in [9.17, 15) is 0 Å². The van der Waals surface area contributed by atoms with E-state index in [1.807, 2.05) is 97.7 Å². The van der Waals surface area contributed by atoms with Gasteiger partial charge in [0.1, 0.15) is 0 Å². The van der Waals surface area contributed by atoms with Crippen molar-refractivity contribution in [3.63, 3.8) is 0 Å². The largest absolute Gasteiger partial charge is 0.288 e. The highest BCUT2D eigenvalue weighted by atomic mass is 14.7. The molecule has 0 saturated heterocycles. The SMILES string of the molecule is C(=NCc1ccc2ccccc2c1)c1ccccc1.C(=NCc1cccc2ccccc12)c1ccccc1.C(=NCc1ccccc1)c1ccc2ccccc2c1.C(=NCc1ccccc1)c1cccc2ccccc12. The van der Waals surface area contributed by atoms with E-state index in [4.69, 9.17) is 0 Å². The molecule has 0 fully saturated rings. The summed E-state index contributed by atoms with van der Waals surface area (Å²) < 4.78 is 0. The van der Waals surface area contributed by atoms with Gasteiger partial charge >= 0.3 is 0 Å². The maximum absolute atomic E-state index is 4.54. The maximum atomic E-state index is 4.54. The fourth-order valence-corrected chi connectivity index (χ4v) is 8.68. The van der Waals surface area contributed by atoms with Gasteiger partial charge in [-0.3, -0.25) is 20.0 Å². The second-order valence-corrected chi connectivity index (χ2v) is 18.2. The number of hydrogen-bond donors (Lipinski definition) is 0. The standard InChI is InChI=1S/4C18H15N/c2*1-2-7-15(8-3-1)13-19-14-17-11-6-10-16-9-4-5-12-18(16)17;2*1-2-6-15(7-3-1)13-19-14-16-10-11-17-8-4-5-9-18(17)12-16/h1-12,14H,13H2;1-13H,14H2;1-12,14H,13H2;1-13H,14H2. The second kappa shape index (κ2) is 28.0. The minimum absolute atomic E-state index is 0.718. The average Bonchev–Trinajstić information content (AvgIpc) is 3.49. The van der Waals surface area contributed by atoms with Crippen LogP contribution in [0.25, 0.3) is 43.1 Å². The molecule has 0 unspecified atom stereocenters. The number of fused-ring (bicyclic) bond motifs is 4. The molecular formula is C72H60N4. The van der Waals surface area contributed by atoms with E-state index in [1.54, 1.807) is 0 Å². The summed E-state index contributed by atoms with van der Waals surface area (Å²) in [7, 11) is 0. The first-order chi connectivity index (χ1) is 37.7. The van der Waals surface area contributed by atoms with Crippen LogP contribution in [0.5, 0.6) is 0 Å². The zero-order valence-electron chi connectivity index (χ0n) is 42.6. The van der Waals surface area contributed by atoms with Crippen molar-refractivity contribution >= 4 is 67.9 Å². The maximum Gasteiger partial charge on any atom is 0.0645 e. The minimum atomic E-state index is 0.718. The van der Waals surface area contributed by atoms with Crippen LogP contribution in [0.2, 0.25) is 0 Å². The normalized spacial score (nSPS) is 11.2. The first-order valence-electron chi connectivity index (χ1n) is 25.8. The van der Waals surface area contributed by atoms with Crippen LogP contribution in [-0.2, 0) is 26.2 Å². The molecule has 0 spiro atoms. The Morgan fingerprint density at radius 3 is 1.21 bits per heavy atom. The molecule has 0 aliphatic heterocycles. The highest BCUT2D eigenvalue weighted by Gasteiger charge is 2.00. The first-order valence-corrected chi connectivity index (χ1v) is 25.8. The van der Waals surface area contributed by atoms with E-state index < -0.39 is 0 Å². The Balaban J connectivity index is 0.000000124. The van der Waals surface area contributed by atoms with Gasteiger partial charge in [-0.25, -0.2) is 0 Å². The van der Waals surface area contributed by atoms with Crippen molar-refractivity contribution in [2.24, 2.45) is 20.0 Å². The van der Waals surface area contributed by atoms with Crippen molar-refractivity contribution in [3.05, 3.63) is 336 Å². The number of aliphatic imine (C=N–C) groups is 4. The summed E-state index contributed by atoms with van der Waals surface area (Å²) in [6.45, 7) is 2.90. The van der Waals surface area contributed by atoms with Crippen molar-refractivity contribution in [2.75, 3.05) is 0 Å². The van der Waals surface area contributed by atoms with Gasteiger partial charge in [-0.1, -0.05) is 279 Å². The van der Waals surface area contributed by atoms with Crippen molar-refractivity contribution in [3.8, 4) is 0 Å². The molecule has 76 heavy (non-hydrogen) atoms. The van der Waals surface area contributed by atoms with Crippen LogP contribution in [-0.4, -0.2) is 24.9 Å². The molecule has 12 aromatic carbocycles. The zero-order valence-corrected chi connectivity index (χ0v) is 42.6. The fraction of sp³-hybridized carbons (Fsp3) is 0.0556. The summed E-state index contributed by atoms with van der Waals surface area (Å²) in [5, 5.41) is 10.1. The molecule has 0 aliphatic carbocycles. The van der Waals surface area contributed by atoms with Gasteiger partial charge in [0, 0.05) is 30.4 Å². The number of hydrogen-bond acceptors (Lipinski definition) is 4. The second-order valence-electron chi connectivity index (χ2n) is 18.2. The molecule has 12 rings (SSSR count). The third-order valence-corrected chi connectivity index (χ3v) is 12.6. The van der Waals surface area contributed by atoms with Crippen molar-refractivity contribution in [1.82, 2.24) is 0 Å². The highest BCUT2D eigenvalue weighted by Crippen LogP contribution is 2.21. The smallest absolute Gasteiger partial charge is 0.0645 e. The monoisotopic (exact) mass is 980 g/mol. The third-order valence-electron chi connectivity index (χ3n) is 12.6. The lowest BCUT2D eigenvalue weighted by Gasteiger charge is -2.03. The topological polar surface area (TPSA) is 49.4 Å². The molecule has 4 heteroatoms. The fourth-order valence-electron chi connectivity index (χ4n) is 8.68. The summed E-state index contributed by atoms with van der Waals surface area (Å²) in [4.78, 5) is 18.1. The first kappa shape index (κ1) is 51.3. The molecule has 0 N–H and O–H groups in total. The number of rotatable bonds is 12. The van der Waals surface area contributed by atoms with Gasteiger partial charge in [-0.15, -0.1) is 0 Å². The zero-order chi connectivity index (χ0) is 51.7. The predicted molar refractivity (Wildman–Crippen MR) is 327 cm³/mol. The Bertz CT molecular complexity index is 3790. The van der Waals surface area contributed by atoms with E-state index in [1.165, 1.54) is 70.9 Å². The van der Waals surface area contributed by atoms with Crippen LogP contribution in [0.4, 0.5) is 0 Å². The molecular weight excluding hydrogens is 921 g/mol.